The third kappa shape index (κ3) is 1.79. The van der Waals surface area contributed by atoms with Crippen molar-refractivity contribution in [2.45, 2.75) is 0 Å². The summed E-state index contributed by atoms with van der Waals surface area (Å²) in [4.78, 5) is 3.89. The quantitative estimate of drug-likeness (QED) is 0.588. The number of rotatable bonds is 0. The van der Waals surface area contributed by atoms with Gasteiger partial charge in [0.1, 0.15) is 10.4 Å². The molecule has 1 N–H and O–H groups in total. The highest BCUT2D eigenvalue weighted by atomic mass is 127. The molecule has 9 heavy (non-hydrogen) atoms. The van der Waals surface area contributed by atoms with Gasteiger partial charge in [-0.25, -0.2) is 4.98 Å². The summed E-state index contributed by atoms with van der Waals surface area (Å²) in [5.74, 6) is 0.262. The van der Waals surface area contributed by atoms with Gasteiger partial charge < -0.3 is 5.11 Å². The summed E-state index contributed by atoms with van der Waals surface area (Å²) in [7, 11) is 0. The van der Waals surface area contributed by atoms with Gasteiger partial charge in [-0.3, -0.25) is 0 Å². The molecule has 4 heteroatoms. The van der Waals surface area contributed by atoms with Crippen LogP contribution in [0, 0.1) is 3.57 Å². The molecule has 1 heterocycles. The van der Waals surface area contributed by atoms with Crippen LogP contribution in [0.25, 0.3) is 0 Å². The monoisotopic (exact) mass is 299 g/mol. The van der Waals surface area contributed by atoms with Gasteiger partial charge in [0.15, 0.2) is 0 Å². The Morgan fingerprint density at radius 2 is 2.33 bits per heavy atom. The molecule has 0 saturated heterocycles. The third-order valence-electron chi connectivity index (χ3n) is 0.802. The molecule has 2 nitrogen and oxygen atoms in total. The molecule has 0 atom stereocenters. The Bertz CT molecular complexity index is 228. The Hall–Kier alpha value is 0.160. The number of aromatic hydroxyl groups is 1. The zero-order valence-electron chi connectivity index (χ0n) is 4.31. The molecule has 0 radical (unpaired) electrons. The van der Waals surface area contributed by atoms with Crippen molar-refractivity contribution in [1.29, 1.82) is 0 Å². The van der Waals surface area contributed by atoms with Crippen molar-refractivity contribution in [3.63, 3.8) is 0 Å². The second kappa shape index (κ2) is 2.83. The van der Waals surface area contributed by atoms with Gasteiger partial charge >= 0.3 is 0 Å². The first-order valence-corrected chi connectivity index (χ1v) is 4.07. The minimum Gasteiger partial charge on any atom is -0.507 e. The van der Waals surface area contributed by atoms with Crippen molar-refractivity contribution in [2.24, 2.45) is 0 Å². The van der Waals surface area contributed by atoms with Crippen molar-refractivity contribution in [3.05, 3.63) is 20.4 Å². The number of halogens is 2. The highest BCUT2D eigenvalue weighted by Crippen LogP contribution is 2.20. The molecule has 1 rings (SSSR count). The Balaban J connectivity index is 3.17. The zero-order chi connectivity index (χ0) is 6.85. The smallest absolute Gasteiger partial charge is 0.133 e. The summed E-state index contributed by atoms with van der Waals surface area (Å²) < 4.78 is 1.41. The molecule has 0 aromatic carbocycles. The van der Waals surface area contributed by atoms with Crippen molar-refractivity contribution < 1.29 is 5.11 Å². The largest absolute Gasteiger partial charge is 0.507 e. The number of nitrogens with zero attached hydrogens (tertiary/aromatic N) is 1. The molecule has 0 saturated carbocycles. The second-order valence-corrected chi connectivity index (χ2v) is 3.43. The van der Waals surface area contributed by atoms with Crippen LogP contribution in [0.5, 0.6) is 5.75 Å². The zero-order valence-corrected chi connectivity index (χ0v) is 8.05. The van der Waals surface area contributed by atoms with E-state index in [2.05, 4.69) is 20.9 Å². The van der Waals surface area contributed by atoms with Gasteiger partial charge in [0.25, 0.3) is 0 Å². The van der Waals surface area contributed by atoms with Crippen molar-refractivity contribution in [2.75, 3.05) is 0 Å². The molecular formula is C5H3BrINO. The third-order valence-corrected chi connectivity index (χ3v) is 2.07. The van der Waals surface area contributed by atoms with Gasteiger partial charge in [-0.1, -0.05) is 0 Å². The summed E-state index contributed by atoms with van der Waals surface area (Å²) in [6.07, 6.45) is 1.60. The van der Waals surface area contributed by atoms with Crippen molar-refractivity contribution in [1.82, 2.24) is 4.98 Å². The number of aromatic nitrogens is 1. The average molecular weight is 300 g/mol. The predicted octanol–water partition coefficient (Wildman–Crippen LogP) is 2.15. The van der Waals surface area contributed by atoms with Crippen molar-refractivity contribution >= 4 is 38.5 Å². The fraction of sp³-hybridized carbons (Fsp3) is 0. The molecule has 0 aliphatic carbocycles. The fourth-order valence-electron chi connectivity index (χ4n) is 0.404. The van der Waals surface area contributed by atoms with E-state index in [1.165, 1.54) is 0 Å². The molecule has 0 spiro atoms. The minimum absolute atomic E-state index is 0.262. The summed E-state index contributed by atoms with van der Waals surface area (Å²) in [5.41, 5.74) is 0. The van der Waals surface area contributed by atoms with E-state index in [-0.39, 0.29) is 5.75 Å². The first-order chi connectivity index (χ1) is 4.20. The molecule has 0 aliphatic rings. The maximum atomic E-state index is 9.02. The van der Waals surface area contributed by atoms with Crippen LogP contribution < -0.4 is 0 Å². The number of hydrogen-bond acceptors (Lipinski definition) is 2. The van der Waals surface area contributed by atoms with Crippen LogP contribution in [-0.4, -0.2) is 10.1 Å². The summed E-state index contributed by atoms with van der Waals surface area (Å²) in [6, 6.07) is 1.56. The van der Waals surface area contributed by atoms with Gasteiger partial charge in [0.2, 0.25) is 0 Å². The molecule has 48 valence electrons. The summed E-state index contributed by atoms with van der Waals surface area (Å²) in [5, 5.41) is 9.02. The minimum atomic E-state index is 0.262. The van der Waals surface area contributed by atoms with Gasteiger partial charge in [-0.15, -0.1) is 0 Å². The summed E-state index contributed by atoms with van der Waals surface area (Å²) in [6.45, 7) is 0. The van der Waals surface area contributed by atoms with Crippen LogP contribution >= 0.6 is 38.5 Å². The molecule has 1 aromatic rings. The van der Waals surface area contributed by atoms with Gasteiger partial charge in [0, 0.05) is 12.3 Å². The number of hydrogen-bond donors (Lipinski definition) is 1. The standard InChI is InChI=1S/C5H3BrINO/c6-5-1-4(9)3(7)2-8-5/h1-2H,(H,8,9). The van der Waals surface area contributed by atoms with Crippen LogP contribution in [0.1, 0.15) is 0 Å². The lowest BCUT2D eigenvalue weighted by atomic mass is 10.5. The van der Waals surface area contributed by atoms with E-state index in [1.807, 2.05) is 22.6 Å². The lowest BCUT2D eigenvalue weighted by molar-refractivity contribution is 0.470. The predicted molar refractivity (Wildman–Crippen MR) is 46.3 cm³/mol. The topological polar surface area (TPSA) is 33.1 Å². The van der Waals surface area contributed by atoms with E-state index < -0.39 is 0 Å². The van der Waals surface area contributed by atoms with Crippen molar-refractivity contribution in [3.8, 4) is 5.75 Å². The number of pyridine rings is 1. The Kier molecular flexibility index (Phi) is 2.29. The molecule has 0 aliphatic heterocycles. The van der Waals surface area contributed by atoms with E-state index in [9.17, 15) is 0 Å². The van der Waals surface area contributed by atoms with Gasteiger partial charge in [-0.2, -0.15) is 0 Å². The van der Waals surface area contributed by atoms with E-state index in [0.29, 0.717) is 4.60 Å². The van der Waals surface area contributed by atoms with E-state index in [4.69, 9.17) is 5.11 Å². The molecule has 0 unspecified atom stereocenters. The maximum absolute atomic E-state index is 9.02. The van der Waals surface area contributed by atoms with E-state index >= 15 is 0 Å². The van der Waals surface area contributed by atoms with Crippen LogP contribution in [0.15, 0.2) is 16.9 Å². The van der Waals surface area contributed by atoms with Gasteiger partial charge in [-0.05, 0) is 38.5 Å². The fourth-order valence-corrected chi connectivity index (χ4v) is 1.02. The normalized spacial score (nSPS) is 9.56. The lowest BCUT2D eigenvalue weighted by Crippen LogP contribution is -1.77. The van der Waals surface area contributed by atoms with Crippen LogP contribution in [0.2, 0.25) is 0 Å². The van der Waals surface area contributed by atoms with Crippen LogP contribution in [0.3, 0.4) is 0 Å². The van der Waals surface area contributed by atoms with Crippen LogP contribution in [0.4, 0.5) is 0 Å². The molecule has 0 bridgehead atoms. The molecule has 0 amide bonds. The van der Waals surface area contributed by atoms with Crippen LogP contribution in [-0.2, 0) is 0 Å². The maximum Gasteiger partial charge on any atom is 0.133 e. The molecule has 1 aromatic heterocycles. The summed E-state index contributed by atoms with van der Waals surface area (Å²) >= 11 is 5.13. The highest BCUT2D eigenvalue weighted by Gasteiger charge is 1.96. The lowest BCUT2D eigenvalue weighted by Gasteiger charge is -1.93. The SMILES string of the molecule is Oc1cc(Br)ncc1I. The van der Waals surface area contributed by atoms with Gasteiger partial charge in [0.05, 0.1) is 3.57 Å². The average Bonchev–Trinajstić information content (AvgIpc) is 1.80. The Morgan fingerprint density at radius 3 is 2.78 bits per heavy atom. The van der Waals surface area contributed by atoms with E-state index in [1.54, 1.807) is 12.3 Å². The highest BCUT2D eigenvalue weighted by molar-refractivity contribution is 14.1. The Labute approximate surface area is 74.6 Å². The first kappa shape index (κ1) is 7.27. The molecule has 0 fully saturated rings. The first-order valence-electron chi connectivity index (χ1n) is 2.20. The Morgan fingerprint density at radius 1 is 1.67 bits per heavy atom. The second-order valence-electron chi connectivity index (χ2n) is 1.46. The molecular weight excluding hydrogens is 297 g/mol. The van der Waals surface area contributed by atoms with E-state index in [0.717, 1.165) is 3.57 Å².